The maximum atomic E-state index is 11.0. The molecule has 0 aliphatic carbocycles. The summed E-state index contributed by atoms with van der Waals surface area (Å²) < 4.78 is 5.59. The number of aromatic carboxylic acids is 1. The van der Waals surface area contributed by atoms with Crippen LogP contribution in [0, 0.1) is 17.9 Å². The van der Waals surface area contributed by atoms with Gasteiger partial charge in [0.2, 0.25) is 5.69 Å². The Morgan fingerprint density at radius 1 is 1.41 bits per heavy atom. The van der Waals surface area contributed by atoms with Crippen LogP contribution in [-0.2, 0) is 10.5 Å². The van der Waals surface area contributed by atoms with E-state index in [0.29, 0.717) is 35.2 Å². The van der Waals surface area contributed by atoms with Crippen molar-refractivity contribution >= 4 is 34.8 Å². The van der Waals surface area contributed by atoms with Gasteiger partial charge in [0.25, 0.3) is 0 Å². The normalized spacial score (nSPS) is 15.6. The van der Waals surface area contributed by atoms with E-state index in [9.17, 15) is 10.1 Å². The van der Waals surface area contributed by atoms with Gasteiger partial charge in [-0.3, -0.25) is 4.98 Å². The summed E-state index contributed by atoms with van der Waals surface area (Å²) in [6, 6.07) is 8.89. The van der Waals surface area contributed by atoms with Crippen molar-refractivity contribution in [2.24, 2.45) is 0 Å². The zero-order valence-corrected chi connectivity index (χ0v) is 18.6. The van der Waals surface area contributed by atoms with E-state index >= 15 is 0 Å². The van der Waals surface area contributed by atoms with Crippen molar-refractivity contribution in [3.05, 3.63) is 69.6 Å². The van der Waals surface area contributed by atoms with Gasteiger partial charge in [-0.2, -0.15) is 5.26 Å². The molecular formula is C23H18N4O3S2. The molecule has 32 heavy (non-hydrogen) atoms. The van der Waals surface area contributed by atoms with Crippen LogP contribution in [0.2, 0.25) is 0 Å². The number of ether oxygens (including phenoxy) is 1. The molecule has 7 nitrogen and oxygen atoms in total. The maximum absolute atomic E-state index is 11.0. The summed E-state index contributed by atoms with van der Waals surface area (Å²) in [7, 11) is 0. The summed E-state index contributed by atoms with van der Waals surface area (Å²) in [6.45, 7) is 8.72. The van der Waals surface area contributed by atoms with Gasteiger partial charge in [-0.15, -0.1) is 11.3 Å². The van der Waals surface area contributed by atoms with Crippen molar-refractivity contribution in [1.82, 2.24) is 9.97 Å². The lowest BCUT2D eigenvalue weighted by Gasteiger charge is -2.24. The fourth-order valence-corrected chi connectivity index (χ4v) is 5.38. The number of hydrogen-bond donors (Lipinski definition) is 1. The number of thiazole rings is 1. The monoisotopic (exact) mass is 462 g/mol. The Bertz CT molecular complexity index is 1220. The number of nitrogens with zero attached hydrogens (tertiary/aromatic N) is 4. The number of pyridine rings is 1. The second kappa shape index (κ2) is 9.92. The van der Waals surface area contributed by atoms with E-state index in [2.05, 4.69) is 20.9 Å². The molecule has 0 radical (unpaired) electrons. The number of hydrogen-bond acceptors (Lipinski definition) is 7. The number of aromatic nitrogens is 2. The van der Waals surface area contributed by atoms with Crippen molar-refractivity contribution in [1.29, 1.82) is 5.26 Å². The Labute approximate surface area is 193 Å². The topological polar surface area (TPSA) is 100 Å². The average Bonchev–Trinajstić information content (AvgIpc) is 3.31. The molecule has 0 amide bonds. The zero-order chi connectivity index (χ0) is 22.5. The Morgan fingerprint density at radius 3 is 2.88 bits per heavy atom. The Hall–Kier alpha value is -3.24. The van der Waals surface area contributed by atoms with Crippen LogP contribution in [0.3, 0.4) is 0 Å². The third-order valence-electron chi connectivity index (χ3n) is 5.15. The number of carboxylic acid groups (broad SMARTS) is 1. The van der Waals surface area contributed by atoms with Gasteiger partial charge in [-0.25, -0.2) is 14.6 Å². The molecule has 3 aromatic rings. The first-order valence-corrected chi connectivity index (χ1v) is 11.8. The highest BCUT2D eigenvalue weighted by molar-refractivity contribution is 7.98. The highest BCUT2D eigenvalue weighted by Gasteiger charge is 2.25. The minimum atomic E-state index is -0.961. The SMILES string of the molecule is [C-]#[N+]c1cnc(SCc2csc(-c3ccc(C(=O)O)cc3)n2)c(C#N)c1C1CCCOC1. The van der Waals surface area contributed by atoms with Crippen LogP contribution in [0.15, 0.2) is 40.9 Å². The Kier molecular flexibility index (Phi) is 6.81. The van der Waals surface area contributed by atoms with Crippen LogP contribution in [0.4, 0.5) is 5.69 Å². The van der Waals surface area contributed by atoms with E-state index in [1.54, 1.807) is 30.5 Å². The Morgan fingerprint density at radius 2 is 2.22 bits per heavy atom. The lowest BCUT2D eigenvalue weighted by Crippen LogP contribution is -2.17. The molecule has 1 saturated heterocycles. The van der Waals surface area contributed by atoms with Gasteiger partial charge >= 0.3 is 5.97 Å². The predicted octanol–water partition coefficient (Wildman–Crippen LogP) is 5.51. The molecule has 0 saturated carbocycles. The molecule has 1 unspecified atom stereocenters. The van der Waals surface area contributed by atoms with Crippen LogP contribution in [0.1, 0.15) is 45.9 Å². The summed E-state index contributed by atoms with van der Waals surface area (Å²) in [5, 5.41) is 22.2. The molecule has 4 rings (SSSR count). The number of thioether (sulfide) groups is 1. The fourth-order valence-electron chi connectivity index (χ4n) is 3.59. The molecule has 2 aromatic heterocycles. The van der Waals surface area contributed by atoms with Crippen molar-refractivity contribution in [2.75, 3.05) is 13.2 Å². The quantitative estimate of drug-likeness (QED) is 0.381. The van der Waals surface area contributed by atoms with Crippen LogP contribution >= 0.6 is 23.1 Å². The van der Waals surface area contributed by atoms with E-state index in [0.717, 1.165) is 34.7 Å². The van der Waals surface area contributed by atoms with E-state index in [1.807, 2.05) is 5.38 Å². The Balaban J connectivity index is 1.54. The molecular weight excluding hydrogens is 444 g/mol. The summed E-state index contributed by atoms with van der Waals surface area (Å²) in [5.74, 6) is -0.398. The standard InChI is InChI=1S/C23H18N4O3S2/c1-25-19-10-26-22(18(9-24)20(19)16-3-2-8-30-11-16)32-13-17-12-31-21(27-17)14-4-6-15(7-5-14)23(28)29/h4-7,10,12,16H,2-3,8,11,13H2,(H,28,29). The highest BCUT2D eigenvalue weighted by Crippen LogP contribution is 2.39. The lowest BCUT2D eigenvalue weighted by atomic mass is 9.90. The molecule has 9 heteroatoms. The first-order valence-electron chi connectivity index (χ1n) is 9.89. The minimum Gasteiger partial charge on any atom is -0.478 e. The van der Waals surface area contributed by atoms with Crippen molar-refractivity contribution < 1.29 is 14.6 Å². The molecule has 1 N–H and O–H groups in total. The number of carboxylic acids is 1. The second-order valence-electron chi connectivity index (χ2n) is 7.19. The summed E-state index contributed by atoms with van der Waals surface area (Å²) in [6.07, 6.45) is 3.35. The minimum absolute atomic E-state index is 0.0319. The summed E-state index contributed by atoms with van der Waals surface area (Å²) in [4.78, 5) is 23.6. The highest BCUT2D eigenvalue weighted by atomic mass is 32.2. The zero-order valence-electron chi connectivity index (χ0n) is 16.9. The van der Waals surface area contributed by atoms with Gasteiger partial charge in [-0.1, -0.05) is 23.9 Å². The number of nitriles is 1. The average molecular weight is 463 g/mol. The molecule has 0 spiro atoms. The molecule has 1 atom stereocenters. The largest absolute Gasteiger partial charge is 0.478 e. The van der Waals surface area contributed by atoms with Gasteiger partial charge in [0.1, 0.15) is 16.1 Å². The molecule has 1 fully saturated rings. The van der Waals surface area contributed by atoms with E-state index in [4.69, 9.17) is 16.4 Å². The van der Waals surface area contributed by atoms with Crippen molar-refractivity contribution in [3.63, 3.8) is 0 Å². The van der Waals surface area contributed by atoms with E-state index < -0.39 is 5.97 Å². The molecule has 1 aliphatic rings. The first-order chi connectivity index (χ1) is 15.6. The third-order valence-corrected chi connectivity index (χ3v) is 7.11. The van der Waals surface area contributed by atoms with Gasteiger partial charge in [0.05, 0.1) is 30.0 Å². The number of rotatable bonds is 6. The van der Waals surface area contributed by atoms with E-state index in [-0.39, 0.29) is 11.5 Å². The predicted molar refractivity (Wildman–Crippen MR) is 122 cm³/mol. The van der Waals surface area contributed by atoms with Crippen LogP contribution in [-0.4, -0.2) is 34.3 Å². The van der Waals surface area contributed by atoms with Crippen molar-refractivity contribution in [3.8, 4) is 16.6 Å². The number of benzene rings is 1. The van der Waals surface area contributed by atoms with Crippen molar-refractivity contribution in [2.45, 2.75) is 29.5 Å². The third kappa shape index (κ3) is 4.66. The second-order valence-corrected chi connectivity index (χ2v) is 9.01. The molecule has 3 heterocycles. The van der Waals surface area contributed by atoms with Gasteiger partial charge in [0, 0.05) is 29.5 Å². The van der Waals surface area contributed by atoms with Gasteiger partial charge < -0.3 is 9.84 Å². The molecule has 1 aliphatic heterocycles. The molecule has 1 aromatic carbocycles. The number of carbonyl (C=O) groups is 1. The summed E-state index contributed by atoms with van der Waals surface area (Å²) in [5.41, 5.74) is 3.56. The molecule has 0 bridgehead atoms. The first kappa shape index (κ1) is 22.0. The van der Waals surface area contributed by atoms with E-state index in [1.165, 1.54) is 23.1 Å². The van der Waals surface area contributed by atoms with Crippen LogP contribution in [0.5, 0.6) is 0 Å². The molecule has 160 valence electrons. The van der Waals surface area contributed by atoms with Crippen LogP contribution in [0.25, 0.3) is 15.4 Å². The van der Waals surface area contributed by atoms with Gasteiger partial charge in [0.15, 0.2) is 0 Å². The summed E-state index contributed by atoms with van der Waals surface area (Å²) >= 11 is 2.91. The lowest BCUT2D eigenvalue weighted by molar-refractivity contribution is 0.0697. The smallest absolute Gasteiger partial charge is 0.335 e. The van der Waals surface area contributed by atoms with Crippen LogP contribution < -0.4 is 0 Å². The van der Waals surface area contributed by atoms with Gasteiger partial charge in [-0.05, 0) is 36.5 Å². The fraction of sp³-hybridized carbons (Fsp3) is 0.261. The maximum Gasteiger partial charge on any atom is 0.335 e.